The van der Waals surface area contributed by atoms with E-state index in [2.05, 4.69) is 5.32 Å². The smallest absolute Gasteiger partial charge is 0.326 e. The van der Waals surface area contributed by atoms with Gasteiger partial charge in [0.05, 0.1) is 19.1 Å². The van der Waals surface area contributed by atoms with Gasteiger partial charge in [-0.1, -0.05) is 24.3 Å². The predicted octanol–water partition coefficient (Wildman–Crippen LogP) is 1.13. The summed E-state index contributed by atoms with van der Waals surface area (Å²) in [7, 11) is 2.31. The number of hydrogen-bond acceptors (Lipinski definition) is 7. The number of para-hydroxylation sites is 1. The van der Waals surface area contributed by atoms with E-state index in [0.29, 0.717) is 0 Å². The number of nitro groups is 1. The van der Waals surface area contributed by atoms with E-state index >= 15 is 0 Å². The van der Waals surface area contributed by atoms with Gasteiger partial charge in [0.15, 0.2) is 5.41 Å². The highest BCUT2D eigenvalue weighted by molar-refractivity contribution is 6.02. The Hall–Kier alpha value is -2.90. The molecule has 1 atom stereocenters. The first-order chi connectivity index (χ1) is 11.0. The van der Waals surface area contributed by atoms with Crippen molar-refractivity contribution >= 4 is 17.6 Å². The van der Waals surface area contributed by atoms with Crippen LogP contribution in [-0.4, -0.2) is 37.6 Å². The molecule has 1 aromatic carbocycles. The van der Waals surface area contributed by atoms with Gasteiger partial charge in [-0.25, -0.2) is 0 Å². The second kappa shape index (κ2) is 6.47. The predicted molar refractivity (Wildman–Crippen MR) is 79.4 cm³/mol. The van der Waals surface area contributed by atoms with Gasteiger partial charge in [0, 0.05) is 24.1 Å². The second-order valence-electron chi connectivity index (χ2n) is 4.99. The van der Waals surface area contributed by atoms with Crippen molar-refractivity contribution in [3.05, 3.63) is 52.2 Å². The molecule has 122 valence electrons. The fourth-order valence-corrected chi connectivity index (χ4v) is 2.79. The van der Waals surface area contributed by atoms with Gasteiger partial charge in [-0.15, -0.1) is 0 Å². The van der Waals surface area contributed by atoms with Crippen LogP contribution in [0.4, 0.5) is 5.69 Å². The number of hydrogen-bond donors (Lipinski definition) is 1. The van der Waals surface area contributed by atoms with Crippen molar-refractivity contribution in [1.29, 1.82) is 0 Å². The Morgan fingerprint density at radius 2 is 1.87 bits per heavy atom. The molecule has 8 nitrogen and oxygen atoms in total. The van der Waals surface area contributed by atoms with Crippen molar-refractivity contribution < 1.29 is 24.0 Å². The number of allylic oxidation sites excluding steroid dienone is 1. The molecular formula is C15H16N2O6. The number of nitro benzene ring substituents is 1. The summed E-state index contributed by atoms with van der Waals surface area (Å²) in [4.78, 5) is 35.5. The number of rotatable bonds is 4. The van der Waals surface area contributed by atoms with Crippen molar-refractivity contribution in [3.8, 4) is 0 Å². The third-order valence-corrected chi connectivity index (χ3v) is 3.89. The monoisotopic (exact) mass is 320 g/mol. The van der Waals surface area contributed by atoms with Crippen LogP contribution in [-0.2, 0) is 19.1 Å². The number of nitrogens with zero attached hydrogens (tertiary/aromatic N) is 1. The van der Waals surface area contributed by atoms with Gasteiger partial charge in [-0.05, 0) is 6.20 Å². The Bertz CT molecular complexity index is 654. The maximum absolute atomic E-state index is 12.4. The molecule has 8 heteroatoms. The summed E-state index contributed by atoms with van der Waals surface area (Å²) in [6.07, 6.45) is 3.07. The highest BCUT2D eigenvalue weighted by Crippen LogP contribution is 2.44. The average molecular weight is 320 g/mol. The molecule has 23 heavy (non-hydrogen) atoms. The molecule has 1 heterocycles. The van der Waals surface area contributed by atoms with E-state index in [1.54, 1.807) is 12.3 Å². The normalized spacial score (nSPS) is 18.6. The topological polar surface area (TPSA) is 108 Å². The summed E-state index contributed by atoms with van der Waals surface area (Å²) in [5.41, 5.74) is -1.67. The highest BCUT2D eigenvalue weighted by atomic mass is 16.6. The Morgan fingerprint density at radius 1 is 1.26 bits per heavy atom. The lowest BCUT2D eigenvalue weighted by atomic mass is 9.70. The average Bonchev–Trinajstić information content (AvgIpc) is 2.59. The highest BCUT2D eigenvalue weighted by Gasteiger charge is 2.56. The van der Waals surface area contributed by atoms with Gasteiger partial charge >= 0.3 is 11.9 Å². The van der Waals surface area contributed by atoms with Crippen LogP contribution in [0.15, 0.2) is 36.5 Å². The maximum atomic E-state index is 12.4. The molecule has 1 aromatic rings. The molecule has 0 saturated carbocycles. The minimum atomic E-state index is -1.73. The van der Waals surface area contributed by atoms with E-state index in [1.165, 1.54) is 24.3 Å². The number of benzene rings is 1. The standard InChI is InChI=1S/C15H16N2O6/c1-22-13(18)15(14(19)23-2)9-16-8-7-11(15)10-5-3-4-6-12(10)17(20)21/h3-8,11,16H,9H2,1-2H3. The van der Waals surface area contributed by atoms with E-state index < -0.39 is 28.2 Å². The van der Waals surface area contributed by atoms with Gasteiger partial charge < -0.3 is 14.8 Å². The molecule has 0 spiro atoms. The van der Waals surface area contributed by atoms with Crippen LogP contribution in [0.25, 0.3) is 0 Å². The Labute approximate surface area is 132 Å². The van der Waals surface area contributed by atoms with Crippen molar-refractivity contribution in [2.75, 3.05) is 20.8 Å². The van der Waals surface area contributed by atoms with Crippen molar-refractivity contribution in [2.45, 2.75) is 5.92 Å². The van der Waals surface area contributed by atoms with Crippen LogP contribution >= 0.6 is 0 Å². The minimum absolute atomic E-state index is 0.0838. The lowest BCUT2D eigenvalue weighted by molar-refractivity contribution is -0.385. The molecule has 0 radical (unpaired) electrons. The SMILES string of the molecule is COC(=O)C1(C(=O)OC)CNC=CC1c1ccccc1[N+](=O)[O-]. The number of carbonyl (C=O) groups is 2. The summed E-state index contributed by atoms with van der Waals surface area (Å²) in [5, 5.41) is 14.1. The molecule has 1 aliphatic heterocycles. The third-order valence-electron chi connectivity index (χ3n) is 3.89. The number of ether oxygens (including phenoxy) is 2. The summed E-state index contributed by atoms with van der Waals surface area (Å²) < 4.78 is 9.57. The van der Waals surface area contributed by atoms with Crippen LogP contribution in [0.5, 0.6) is 0 Å². The molecule has 0 saturated heterocycles. The molecule has 1 aliphatic rings. The van der Waals surface area contributed by atoms with Gasteiger partial charge in [-0.2, -0.15) is 0 Å². The first-order valence-corrected chi connectivity index (χ1v) is 6.79. The lowest BCUT2D eigenvalue weighted by Crippen LogP contribution is -2.53. The first-order valence-electron chi connectivity index (χ1n) is 6.79. The zero-order valence-corrected chi connectivity index (χ0v) is 12.6. The van der Waals surface area contributed by atoms with Gasteiger partial charge in [-0.3, -0.25) is 19.7 Å². The van der Waals surface area contributed by atoms with E-state index in [9.17, 15) is 19.7 Å². The molecular weight excluding hydrogens is 304 g/mol. The number of esters is 2. The van der Waals surface area contributed by atoms with Crippen LogP contribution in [0.3, 0.4) is 0 Å². The molecule has 0 bridgehead atoms. The Kier molecular flexibility index (Phi) is 4.63. The summed E-state index contributed by atoms with van der Waals surface area (Å²) in [5.74, 6) is -2.51. The fourth-order valence-electron chi connectivity index (χ4n) is 2.79. The molecule has 0 aromatic heterocycles. The van der Waals surface area contributed by atoms with Gasteiger partial charge in [0.1, 0.15) is 0 Å². The first kappa shape index (κ1) is 16.5. The van der Waals surface area contributed by atoms with Crippen molar-refractivity contribution in [2.24, 2.45) is 5.41 Å². The number of methoxy groups -OCH3 is 2. The van der Waals surface area contributed by atoms with E-state index in [-0.39, 0.29) is 17.8 Å². The van der Waals surface area contributed by atoms with Gasteiger partial charge in [0.2, 0.25) is 0 Å². The molecule has 2 rings (SSSR count). The minimum Gasteiger partial charge on any atom is -0.468 e. The quantitative estimate of drug-likeness (QED) is 0.383. The molecule has 1 N–H and O–H groups in total. The third kappa shape index (κ3) is 2.63. The Morgan fingerprint density at radius 3 is 2.43 bits per heavy atom. The van der Waals surface area contributed by atoms with Crippen molar-refractivity contribution in [3.63, 3.8) is 0 Å². The van der Waals surface area contributed by atoms with Crippen molar-refractivity contribution in [1.82, 2.24) is 5.32 Å². The fraction of sp³-hybridized carbons (Fsp3) is 0.333. The number of nitrogens with one attached hydrogen (secondary N) is 1. The lowest BCUT2D eigenvalue weighted by Gasteiger charge is -2.36. The van der Waals surface area contributed by atoms with Gasteiger partial charge in [0.25, 0.3) is 5.69 Å². The van der Waals surface area contributed by atoms with Crippen LogP contribution in [0.2, 0.25) is 0 Å². The van der Waals surface area contributed by atoms with E-state index in [4.69, 9.17) is 9.47 Å². The Balaban J connectivity index is 2.68. The zero-order valence-electron chi connectivity index (χ0n) is 12.6. The van der Waals surface area contributed by atoms with E-state index in [1.807, 2.05) is 0 Å². The van der Waals surface area contributed by atoms with Crippen LogP contribution in [0, 0.1) is 15.5 Å². The van der Waals surface area contributed by atoms with Crippen LogP contribution in [0.1, 0.15) is 11.5 Å². The zero-order chi connectivity index (χ0) is 17.0. The second-order valence-corrected chi connectivity index (χ2v) is 4.99. The molecule has 0 aliphatic carbocycles. The number of carbonyl (C=O) groups excluding carboxylic acids is 2. The summed E-state index contributed by atoms with van der Waals surface area (Å²) >= 11 is 0. The maximum Gasteiger partial charge on any atom is 0.326 e. The molecule has 1 unspecified atom stereocenters. The summed E-state index contributed by atoms with van der Waals surface area (Å²) in [6.45, 7) is -0.0838. The van der Waals surface area contributed by atoms with Crippen LogP contribution < -0.4 is 5.32 Å². The van der Waals surface area contributed by atoms with E-state index in [0.717, 1.165) is 14.2 Å². The summed E-state index contributed by atoms with van der Waals surface area (Å²) in [6, 6.07) is 5.96. The largest absolute Gasteiger partial charge is 0.468 e. The molecule has 0 amide bonds. The molecule has 0 fully saturated rings.